The third-order valence-corrected chi connectivity index (χ3v) is 5.07. The van der Waals surface area contributed by atoms with Crippen LogP contribution in [0.1, 0.15) is 19.2 Å². The van der Waals surface area contributed by atoms with Crippen molar-refractivity contribution < 1.29 is 4.74 Å². The second-order valence-electron chi connectivity index (χ2n) is 6.78. The molecule has 0 saturated carbocycles. The second-order valence-corrected chi connectivity index (χ2v) is 6.78. The molecule has 3 heterocycles. The van der Waals surface area contributed by atoms with Crippen LogP contribution in [-0.2, 0) is 17.7 Å². The monoisotopic (exact) mass is 477 g/mol. The third kappa shape index (κ3) is 5.78. The molecule has 3 rings (SSSR count). The van der Waals surface area contributed by atoms with E-state index >= 15 is 0 Å². The minimum Gasteiger partial charge on any atom is -0.379 e. The molecule has 0 bridgehead atoms. The minimum atomic E-state index is 0. The number of rotatable bonds is 6. The molecule has 1 unspecified atom stereocenters. The Morgan fingerprint density at radius 2 is 2.15 bits per heavy atom. The van der Waals surface area contributed by atoms with Crippen molar-refractivity contribution in [3.05, 3.63) is 12.2 Å². The standard InChI is InChI=1S/C17H31N7O.HI/c1-3-16-21-20-14-24(16)7-5-19-17(18-2)23-6-4-15(13-23)12-22-8-10-25-11-9-22;/h14-15H,3-13H2,1-2H3,(H,18,19);1H. The summed E-state index contributed by atoms with van der Waals surface area (Å²) in [5.41, 5.74) is 0. The van der Waals surface area contributed by atoms with Crippen molar-refractivity contribution in [1.29, 1.82) is 0 Å². The summed E-state index contributed by atoms with van der Waals surface area (Å²) in [5.74, 6) is 2.76. The van der Waals surface area contributed by atoms with Crippen molar-refractivity contribution in [3.63, 3.8) is 0 Å². The number of aromatic nitrogens is 3. The molecule has 0 aromatic carbocycles. The van der Waals surface area contributed by atoms with E-state index in [1.54, 1.807) is 6.33 Å². The number of hydrogen-bond acceptors (Lipinski definition) is 5. The fourth-order valence-electron chi connectivity index (χ4n) is 3.68. The molecule has 2 aliphatic heterocycles. The van der Waals surface area contributed by atoms with E-state index in [4.69, 9.17) is 4.74 Å². The summed E-state index contributed by atoms with van der Waals surface area (Å²) in [5, 5.41) is 11.6. The summed E-state index contributed by atoms with van der Waals surface area (Å²) in [6.45, 7) is 11.0. The molecule has 8 nitrogen and oxygen atoms in total. The first-order chi connectivity index (χ1) is 12.3. The Labute approximate surface area is 173 Å². The van der Waals surface area contributed by atoms with Crippen LogP contribution in [0.5, 0.6) is 0 Å². The van der Waals surface area contributed by atoms with Gasteiger partial charge in [0.05, 0.1) is 13.2 Å². The fourth-order valence-corrected chi connectivity index (χ4v) is 3.68. The highest BCUT2D eigenvalue weighted by Crippen LogP contribution is 2.18. The Bertz CT molecular complexity index is 559. The van der Waals surface area contributed by atoms with Gasteiger partial charge in [-0.15, -0.1) is 34.2 Å². The first-order valence-electron chi connectivity index (χ1n) is 9.42. The number of likely N-dealkylation sites (tertiary alicyclic amines) is 1. The molecule has 1 atom stereocenters. The Kier molecular flexibility index (Phi) is 9.06. The number of nitrogens with zero attached hydrogens (tertiary/aromatic N) is 6. The average molecular weight is 477 g/mol. The normalized spacial score (nSPS) is 21.7. The van der Waals surface area contributed by atoms with Crippen molar-refractivity contribution in [2.24, 2.45) is 10.9 Å². The molecule has 9 heteroatoms. The highest BCUT2D eigenvalue weighted by atomic mass is 127. The largest absolute Gasteiger partial charge is 0.379 e. The zero-order valence-electron chi connectivity index (χ0n) is 15.9. The molecule has 1 aromatic rings. The molecule has 148 valence electrons. The highest BCUT2D eigenvalue weighted by Gasteiger charge is 2.26. The molecule has 0 spiro atoms. The Morgan fingerprint density at radius 1 is 1.35 bits per heavy atom. The third-order valence-electron chi connectivity index (χ3n) is 5.07. The molecule has 0 aliphatic carbocycles. The topological polar surface area (TPSA) is 70.8 Å². The van der Waals surface area contributed by atoms with Crippen molar-refractivity contribution in [2.75, 3.05) is 59.5 Å². The number of hydrogen-bond donors (Lipinski definition) is 1. The van der Waals surface area contributed by atoms with Crippen LogP contribution in [0.2, 0.25) is 0 Å². The second kappa shape index (κ2) is 11.0. The maximum atomic E-state index is 5.44. The van der Waals surface area contributed by atoms with Gasteiger partial charge in [0, 0.05) is 59.3 Å². The average Bonchev–Trinajstić information content (AvgIpc) is 3.29. The van der Waals surface area contributed by atoms with E-state index in [9.17, 15) is 0 Å². The summed E-state index contributed by atoms with van der Waals surface area (Å²) in [6, 6.07) is 0. The first kappa shape index (κ1) is 21.4. The summed E-state index contributed by atoms with van der Waals surface area (Å²) in [7, 11) is 1.87. The van der Waals surface area contributed by atoms with E-state index < -0.39 is 0 Å². The van der Waals surface area contributed by atoms with Crippen LogP contribution in [0, 0.1) is 5.92 Å². The number of aryl methyl sites for hydroxylation is 1. The predicted octanol–water partition coefficient (Wildman–Crippen LogP) is 0.688. The molecule has 1 aromatic heterocycles. The lowest BCUT2D eigenvalue weighted by molar-refractivity contribution is 0.0315. The zero-order chi connectivity index (χ0) is 17.5. The van der Waals surface area contributed by atoms with E-state index in [-0.39, 0.29) is 24.0 Å². The van der Waals surface area contributed by atoms with Crippen LogP contribution >= 0.6 is 24.0 Å². The smallest absolute Gasteiger partial charge is 0.193 e. The van der Waals surface area contributed by atoms with Crippen molar-refractivity contribution >= 4 is 29.9 Å². The number of guanidine groups is 1. The van der Waals surface area contributed by atoms with Gasteiger partial charge in [-0.25, -0.2) is 0 Å². The first-order valence-corrected chi connectivity index (χ1v) is 9.42. The van der Waals surface area contributed by atoms with E-state index in [1.165, 1.54) is 13.0 Å². The lowest BCUT2D eigenvalue weighted by Gasteiger charge is -2.29. The van der Waals surface area contributed by atoms with Gasteiger partial charge in [-0.3, -0.25) is 9.89 Å². The minimum absolute atomic E-state index is 0. The summed E-state index contributed by atoms with van der Waals surface area (Å²) < 4.78 is 7.54. The highest BCUT2D eigenvalue weighted by molar-refractivity contribution is 14.0. The van der Waals surface area contributed by atoms with Gasteiger partial charge in [0.15, 0.2) is 5.96 Å². The quantitative estimate of drug-likeness (QED) is 0.370. The SMILES string of the molecule is CCc1nncn1CCNC(=NC)N1CCC(CN2CCOCC2)C1.I. The Balaban J connectivity index is 0.00000243. The van der Waals surface area contributed by atoms with Gasteiger partial charge in [-0.2, -0.15) is 0 Å². The lowest BCUT2D eigenvalue weighted by atomic mass is 10.1. The van der Waals surface area contributed by atoms with Gasteiger partial charge in [-0.1, -0.05) is 6.92 Å². The van der Waals surface area contributed by atoms with Crippen LogP contribution in [0.4, 0.5) is 0 Å². The molecule has 0 radical (unpaired) electrons. The maximum absolute atomic E-state index is 5.44. The molecule has 2 fully saturated rings. The summed E-state index contributed by atoms with van der Waals surface area (Å²) in [6.07, 6.45) is 3.95. The van der Waals surface area contributed by atoms with Gasteiger partial charge in [-0.05, 0) is 12.3 Å². The fraction of sp³-hybridized carbons (Fsp3) is 0.824. The van der Waals surface area contributed by atoms with Gasteiger partial charge in [0.1, 0.15) is 12.2 Å². The van der Waals surface area contributed by atoms with Crippen LogP contribution in [0.15, 0.2) is 11.3 Å². The number of nitrogens with one attached hydrogen (secondary N) is 1. The molecule has 0 amide bonds. The van der Waals surface area contributed by atoms with Crippen molar-refractivity contribution in [1.82, 2.24) is 29.9 Å². The van der Waals surface area contributed by atoms with Crippen LogP contribution in [0.3, 0.4) is 0 Å². The van der Waals surface area contributed by atoms with Gasteiger partial charge in [0.2, 0.25) is 0 Å². The van der Waals surface area contributed by atoms with Gasteiger partial charge >= 0.3 is 0 Å². The Morgan fingerprint density at radius 3 is 2.88 bits per heavy atom. The van der Waals surface area contributed by atoms with Crippen molar-refractivity contribution in [2.45, 2.75) is 26.3 Å². The summed E-state index contributed by atoms with van der Waals surface area (Å²) in [4.78, 5) is 9.39. The van der Waals surface area contributed by atoms with Gasteiger partial charge in [0.25, 0.3) is 0 Å². The van der Waals surface area contributed by atoms with E-state index in [1.807, 2.05) is 7.05 Å². The van der Waals surface area contributed by atoms with Gasteiger partial charge < -0.3 is 19.5 Å². The number of halogens is 1. The Hall–Kier alpha value is -0.940. The van der Waals surface area contributed by atoms with Crippen molar-refractivity contribution in [3.8, 4) is 0 Å². The number of ether oxygens (including phenoxy) is 1. The lowest BCUT2D eigenvalue weighted by Crippen LogP contribution is -2.43. The number of aliphatic imine (C=N–C) groups is 1. The van der Waals surface area contributed by atoms with E-state index in [0.29, 0.717) is 0 Å². The van der Waals surface area contributed by atoms with Crippen LogP contribution in [-0.4, -0.2) is 90.1 Å². The molecule has 2 saturated heterocycles. The molecule has 1 N–H and O–H groups in total. The molecular weight excluding hydrogens is 445 g/mol. The summed E-state index contributed by atoms with van der Waals surface area (Å²) >= 11 is 0. The molecule has 26 heavy (non-hydrogen) atoms. The molecule has 2 aliphatic rings. The molecular formula is C17H32IN7O. The van der Waals surface area contributed by atoms with E-state index in [0.717, 1.165) is 76.6 Å². The van der Waals surface area contributed by atoms with E-state index in [2.05, 4.69) is 41.8 Å². The van der Waals surface area contributed by atoms with Crippen LogP contribution in [0.25, 0.3) is 0 Å². The maximum Gasteiger partial charge on any atom is 0.193 e. The number of morpholine rings is 1. The predicted molar refractivity (Wildman–Crippen MR) is 113 cm³/mol. The zero-order valence-corrected chi connectivity index (χ0v) is 18.3. The van der Waals surface area contributed by atoms with Crippen LogP contribution < -0.4 is 5.32 Å².